The van der Waals surface area contributed by atoms with Gasteiger partial charge in [-0.25, -0.2) is 0 Å². The molecule has 212 valence electrons. The van der Waals surface area contributed by atoms with Gasteiger partial charge in [-0.3, -0.25) is 0 Å². The van der Waals surface area contributed by atoms with Crippen molar-refractivity contribution in [2.75, 3.05) is 14.2 Å². The van der Waals surface area contributed by atoms with Crippen molar-refractivity contribution in [3.05, 3.63) is 52.8 Å². The van der Waals surface area contributed by atoms with Crippen molar-refractivity contribution in [2.24, 2.45) is 5.92 Å². The van der Waals surface area contributed by atoms with E-state index in [0.717, 1.165) is 17.1 Å². The second-order valence-corrected chi connectivity index (χ2v) is 16.1. The summed E-state index contributed by atoms with van der Waals surface area (Å²) in [6, 6.07) is 7.35. The largest absolute Gasteiger partial charge is 0.496 e. The van der Waals surface area contributed by atoms with Crippen molar-refractivity contribution in [2.45, 2.75) is 140 Å². The van der Waals surface area contributed by atoms with Crippen LogP contribution in [0.3, 0.4) is 0 Å². The zero-order valence-electron chi connectivity index (χ0n) is 25.7. The molecule has 0 radical (unpaired) electrons. The van der Waals surface area contributed by atoms with Crippen molar-refractivity contribution >= 4 is 13.5 Å². The van der Waals surface area contributed by atoms with Crippen LogP contribution in [0.4, 0.5) is 0 Å². The number of methoxy groups -OCH3 is 2. The standard InChI is InChI=1S/C35H55O2P/c1-24(2)27-19-20-30(31(23-27)25(3)4)34-32(36-7)21-22-33(37-8)35(34,26(5)6)38(28-15-11-9-12-16-28)29-17-13-10-14-18-29/h19-26,28-29,33H,9-18H2,1-8H3. The van der Waals surface area contributed by atoms with Gasteiger partial charge in [0.05, 0.1) is 18.4 Å². The zero-order valence-corrected chi connectivity index (χ0v) is 26.6. The highest BCUT2D eigenvalue weighted by Crippen LogP contribution is 2.72. The summed E-state index contributed by atoms with van der Waals surface area (Å²) in [4.78, 5) is 0. The van der Waals surface area contributed by atoms with Crippen LogP contribution in [0.25, 0.3) is 5.57 Å². The van der Waals surface area contributed by atoms with Gasteiger partial charge in [-0.1, -0.05) is 112 Å². The van der Waals surface area contributed by atoms with Gasteiger partial charge in [0.25, 0.3) is 0 Å². The Hall–Kier alpha value is -1.11. The normalized spacial score (nSPS) is 25.8. The third-order valence-corrected chi connectivity index (χ3v) is 14.3. The lowest BCUT2D eigenvalue weighted by Crippen LogP contribution is -2.52. The van der Waals surface area contributed by atoms with E-state index in [0.29, 0.717) is 17.8 Å². The van der Waals surface area contributed by atoms with Gasteiger partial charge >= 0.3 is 0 Å². The molecule has 2 atom stereocenters. The van der Waals surface area contributed by atoms with Crippen LogP contribution < -0.4 is 0 Å². The Balaban J connectivity index is 2.04. The van der Waals surface area contributed by atoms with Crippen LogP contribution in [-0.2, 0) is 9.47 Å². The van der Waals surface area contributed by atoms with Crippen LogP contribution in [0.5, 0.6) is 0 Å². The van der Waals surface area contributed by atoms with Crippen molar-refractivity contribution < 1.29 is 9.47 Å². The number of hydrogen-bond acceptors (Lipinski definition) is 2. The Morgan fingerprint density at radius 3 is 1.82 bits per heavy atom. The van der Waals surface area contributed by atoms with Gasteiger partial charge in [-0.05, 0) is 77.5 Å². The summed E-state index contributed by atoms with van der Waals surface area (Å²) in [5.74, 6) is 2.50. The minimum Gasteiger partial charge on any atom is -0.496 e. The SMILES string of the molecule is COC1=C(c2ccc(C(C)C)cc2C(C)C)C(C(C)C)(P(C2CCCCC2)C2CCCCC2)C(OC)C=C1. The summed E-state index contributed by atoms with van der Waals surface area (Å²) < 4.78 is 12.9. The zero-order chi connectivity index (χ0) is 27.4. The number of allylic oxidation sites excluding steroid dienone is 1. The van der Waals surface area contributed by atoms with E-state index in [9.17, 15) is 0 Å². The second-order valence-electron chi connectivity index (χ2n) is 13.1. The van der Waals surface area contributed by atoms with Crippen molar-refractivity contribution in [3.63, 3.8) is 0 Å². The van der Waals surface area contributed by atoms with Gasteiger partial charge in [-0.15, -0.1) is 0 Å². The maximum atomic E-state index is 6.58. The molecule has 2 saturated carbocycles. The summed E-state index contributed by atoms with van der Waals surface area (Å²) in [5.41, 5.74) is 7.42. The summed E-state index contributed by atoms with van der Waals surface area (Å²) in [7, 11) is 3.50. The van der Waals surface area contributed by atoms with E-state index in [1.54, 1.807) is 0 Å². The number of rotatable bonds is 9. The predicted molar refractivity (Wildman–Crippen MR) is 167 cm³/mol. The van der Waals surface area contributed by atoms with Gasteiger partial charge in [0.15, 0.2) is 0 Å². The van der Waals surface area contributed by atoms with Crippen LogP contribution in [0.15, 0.2) is 36.1 Å². The monoisotopic (exact) mass is 538 g/mol. The second kappa shape index (κ2) is 13.0. The van der Waals surface area contributed by atoms with E-state index in [-0.39, 0.29) is 19.2 Å². The van der Waals surface area contributed by atoms with Crippen LogP contribution in [0.1, 0.15) is 134 Å². The van der Waals surface area contributed by atoms with Crippen molar-refractivity contribution in [1.82, 2.24) is 0 Å². The Kier molecular flexibility index (Phi) is 10.2. The molecule has 0 heterocycles. The van der Waals surface area contributed by atoms with Gasteiger partial charge in [0.2, 0.25) is 0 Å². The molecule has 0 spiro atoms. The third kappa shape index (κ3) is 5.56. The molecule has 2 unspecified atom stereocenters. The highest BCUT2D eigenvalue weighted by molar-refractivity contribution is 7.61. The molecule has 0 amide bonds. The van der Waals surface area contributed by atoms with Crippen molar-refractivity contribution in [3.8, 4) is 0 Å². The molecule has 0 aromatic heterocycles. The minimum absolute atomic E-state index is 0.0584. The lowest BCUT2D eigenvalue weighted by molar-refractivity contribution is 0.100. The first-order chi connectivity index (χ1) is 18.3. The maximum Gasteiger partial charge on any atom is 0.123 e. The molecule has 38 heavy (non-hydrogen) atoms. The van der Waals surface area contributed by atoms with Gasteiger partial charge < -0.3 is 9.47 Å². The molecule has 1 aromatic carbocycles. The fraction of sp³-hybridized carbons (Fsp3) is 0.714. The highest BCUT2D eigenvalue weighted by atomic mass is 31.1. The van der Waals surface area contributed by atoms with Crippen LogP contribution >= 0.6 is 7.92 Å². The molecule has 3 aliphatic rings. The Labute approximate surface area is 235 Å². The van der Waals surface area contributed by atoms with E-state index in [1.807, 2.05) is 14.2 Å². The number of hydrogen-bond donors (Lipinski definition) is 0. The lowest BCUT2D eigenvalue weighted by Gasteiger charge is -2.57. The number of ether oxygens (including phenoxy) is 2. The number of benzene rings is 1. The van der Waals surface area contributed by atoms with Crippen LogP contribution in [-0.4, -0.2) is 36.8 Å². The Bertz CT molecular complexity index is 960. The molecule has 3 aliphatic carbocycles. The van der Waals surface area contributed by atoms with Crippen LogP contribution in [0.2, 0.25) is 0 Å². The Morgan fingerprint density at radius 1 is 0.789 bits per heavy atom. The molecule has 0 saturated heterocycles. The minimum atomic E-state index is -0.345. The molecule has 4 rings (SSSR count). The summed E-state index contributed by atoms with van der Waals surface area (Å²) in [5, 5.41) is -0.0584. The van der Waals surface area contributed by atoms with E-state index in [2.05, 4.69) is 71.9 Å². The summed E-state index contributed by atoms with van der Waals surface area (Å²) >= 11 is 0. The van der Waals surface area contributed by atoms with E-state index >= 15 is 0 Å². The maximum absolute atomic E-state index is 6.58. The molecule has 2 nitrogen and oxygen atoms in total. The molecule has 1 aromatic rings. The highest BCUT2D eigenvalue weighted by Gasteiger charge is 2.57. The van der Waals surface area contributed by atoms with Crippen molar-refractivity contribution in [1.29, 1.82) is 0 Å². The van der Waals surface area contributed by atoms with Gasteiger partial charge in [-0.2, -0.15) is 0 Å². The van der Waals surface area contributed by atoms with Crippen LogP contribution in [0, 0.1) is 5.92 Å². The van der Waals surface area contributed by atoms with E-state index < -0.39 is 0 Å². The van der Waals surface area contributed by atoms with Gasteiger partial charge in [0, 0.05) is 12.7 Å². The lowest BCUT2D eigenvalue weighted by atomic mass is 9.73. The third-order valence-electron chi connectivity index (χ3n) is 9.85. The molecule has 2 fully saturated rings. The first-order valence-corrected chi connectivity index (χ1v) is 17.2. The molecule has 0 N–H and O–H groups in total. The first-order valence-electron chi connectivity index (χ1n) is 15.7. The van der Waals surface area contributed by atoms with E-state index in [4.69, 9.17) is 9.47 Å². The average Bonchev–Trinajstić information content (AvgIpc) is 2.93. The molecular weight excluding hydrogens is 483 g/mol. The molecule has 0 bridgehead atoms. The predicted octanol–water partition coefficient (Wildman–Crippen LogP) is 10.4. The topological polar surface area (TPSA) is 18.5 Å². The molecule has 3 heteroatoms. The first kappa shape index (κ1) is 29.9. The average molecular weight is 539 g/mol. The molecular formula is C35H55O2P. The summed E-state index contributed by atoms with van der Waals surface area (Å²) in [6.45, 7) is 14.4. The molecule has 0 aliphatic heterocycles. The quantitative estimate of drug-likeness (QED) is 0.291. The fourth-order valence-electron chi connectivity index (χ4n) is 7.98. The van der Waals surface area contributed by atoms with Gasteiger partial charge in [0.1, 0.15) is 5.76 Å². The van der Waals surface area contributed by atoms with E-state index in [1.165, 1.54) is 86.5 Å². The summed E-state index contributed by atoms with van der Waals surface area (Å²) in [6.07, 6.45) is 18.7. The smallest absolute Gasteiger partial charge is 0.123 e. The Morgan fingerprint density at radius 2 is 1.37 bits per heavy atom. The fourth-order valence-corrected chi connectivity index (χ4v) is 13.2.